The van der Waals surface area contributed by atoms with Crippen molar-refractivity contribution in [2.45, 2.75) is 13.1 Å². The molecular weight excluding hydrogens is 307 g/mol. The minimum atomic E-state index is -4.57. The molecule has 0 aliphatic rings. The summed E-state index contributed by atoms with van der Waals surface area (Å²) in [5, 5.41) is 9.83. The van der Waals surface area contributed by atoms with E-state index in [0.29, 0.717) is 16.7 Å². The van der Waals surface area contributed by atoms with Gasteiger partial charge in [0.15, 0.2) is 5.69 Å². The van der Waals surface area contributed by atoms with E-state index in [9.17, 15) is 18.3 Å². The van der Waals surface area contributed by atoms with Gasteiger partial charge in [-0.15, -0.1) is 0 Å². The summed E-state index contributed by atoms with van der Waals surface area (Å²) in [6.07, 6.45) is -2.43. The zero-order chi connectivity index (χ0) is 16.8. The summed E-state index contributed by atoms with van der Waals surface area (Å²) < 4.78 is 39.8. The Bertz CT molecular complexity index is 952. The highest BCUT2D eigenvalue weighted by Crippen LogP contribution is 2.35. The summed E-state index contributed by atoms with van der Waals surface area (Å²) in [5.74, 6) is 0.0245. The molecule has 0 spiro atoms. The lowest BCUT2D eigenvalue weighted by Crippen LogP contribution is -2.04. The second-order valence-electron chi connectivity index (χ2n) is 5.08. The molecule has 2 aromatic heterocycles. The van der Waals surface area contributed by atoms with E-state index in [1.165, 1.54) is 22.7 Å². The Morgan fingerprint density at radius 1 is 1.22 bits per heavy atom. The largest absolute Gasteiger partial charge is 0.508 e. The lowest BCUT2D eigenvalue weighted by Gasteiger charge is -2.07. The van der Waals surface area contributed by atoms with Crippen molar-refractivity contribution < 1.29 is 18.3 Å². The van der Waals surface area contributed by atoms with Crippen LogP contribution >= 0.6 is 0 Å². The number of benzene rings is 1. The lowest BCUT2D eigenvalue weighted by atomic mass is 10.0. The second kappa shape index (κ2) is 5.02. The zero-order valence-corrected chi connectivity index (χ0v) is 11.9. The van der Waals surface area contributed by atoms with Crippen molar-refractivity contribution in [3.05, 3.63) is 59.3 Å². The van der Waals surface area contributed by atoms with Crippen LogP contribution in [0.4, 0.5) is 18.9 Å². The van der Waals surface area contributed by atoms with Crippen LogP contribution in [0.3, 0.4) is 0 Å². The smallest absolute Gasteiger partial charge is 0.434 e. The maximum absolute atomic E-state index is 12.9. The van der Waals surface area contributed by atoms with Gasteiger partial charge in [0.1, 0.15) is 11.4 Å². The molecule has 4 nitrogen and oxygen atoms in total. The summed E-state index contributed by atoms with van der Waals surface area (Å²) in [4.78, 5) is 6.92. The van der Waals surface area contributed by atoms with Crippen LogP contribution in [0.15, 0.2) is 36.7 Å². The number of hydrogen-bond acceptors (Lipinski definition) is 2. The third kappa shape index (κ3) is 2.59. The van der Waals surface area contributed by atoms with E-state index >= 15 is 0 Å². The number of halogens is 3. The molecular formula is C16H10F3N3O. The summed E-state index contributed by atoms with van der Waals surface area (Å²) in [6.45, 7) is 8.81. The Morgan fingerprint density at radius 2 is 1.96 bits per heavy atom. The van der Waals surface area contributed by atoms with Crippen molar-refractivity contribution in [1.82, 2.24) is 9.38 Å². The Kier molecular flexibility index (Phi) is 3.25. The molecule has 7 heteroatoms. The van der Waals surface area contributed by atoms with Gasteiger partial charge < -0.3 is 9.51 Å². The lowest BCUT2D eigenvalue weighted by molar-refractivity contribution is -0.140. The summed E-state index contributed by atoms with van der Waals surface area (Å²) in [6, 6.07) is 6.22. The number of nitrogens with zero attached hydrogens (tertiary/aromatic N) is 3. The number of imidazole rings is 1. The van der Waals surface area contributed by atoms with Gasteiger partial charge in [0.05, 0.1) is 6.57 Å². The van der Waals surface area contributed by atoms with Gasteiger partial charge in [0.2, 0.25) is 5.69 Å². The predicted octanol–water partition coefficient (Wildman–Crippen LogP) is 4.58. The molecule has 3 rings (SSSR count). The molecule has 0 saturated carbocycles. The van der Waals surface area contributed by atoms with Gasteiger partial charge in [-0.25, -0.2) is 9.83 Å². The Balaban J connectivity index is 2.32. The Hall–Kier alpha value is -3.01. The van der Waals surface area contributed by atoms with Crippen molar-refractivity contribution in [2.75, 3.05) is 0 Å². The summed E-state index contributed by atoms with van der Waals surface area (Å²) >= 11 is 0. The molecule has 23 heavy (non-hydrogen) atoms. The van der Waals surface area contributed by atoms with Gasteiger partial charge in [0.25, 0.3) is 0 Å². The predicted molar refractivity (Wildman–Crippen MR) is 78.3 cm³/mol. The quantitative estimate of drug-likeness (QED) is 0.667. The SMILES string of the molecule is [C-]#[N+]c1cc(-c2ccc(C)c(O)c2)c2nc(C(F)(F)F)cn2c1. The van der Waals surface area contributed by atoms with Gasteiger partial charge in [-0.2, -0.15) is 13.2 Å². The number of hydrogen-bond donors (Lipinski definition) is 1. The van der Waals surface area contributed by atoms with Crippen LogP contribution in [-0.4, -0.2) is 14.5 Å². The number of pyridine rings is 1. The summed E-state index contributed by atoms with van der Waals surface area (Å²) in [5.41, 5.74) is 0.710. The third-order valence-corrected chi connectivity index (χ3v) is 3.48. The van der Waals surface area contributed by atoms with Gasteiger partial charge in [-0.1, -0.05) is 12.1 Å². The molecule has 2 heterocycles. The van der Waals surface area contributed by atoms with E-state index in [2.05, 4.69) is 9.83 Å². The number of aromatic nitrogens is 2. The Morgan fingerprint density at radius 3 is 2.57 bits per heavy atom. The van der Waals surface area contributed by atoms with E-state index in [1.807, 2.05) is 0 Å². The minimum absolute atomic E-state index is 0.0245. The number of aromatic hydroxyl groups is 1. The van der Waals surface area contributed by atoms with Gasteiger partial charge in [-0.05, 0) is 30.2 Å². The first-order valence-corrected chi connectivity index (χ1v) is 6.57. The molecule has 116 valence electrons. The first kappa shape index (κ1) is 14.9. The number of rotatable bonds is 1. The topological polar surface area (TPSA) is 41.9 Å². The number of phenols is 1. The van der Waals surface area contributed by atoms with E-state index in [4.69, 9.17) is 6.57 Å². The van der Waals surface area contributed by atoms with E-state index in [0.717, 1.165) is 6.20 Å². The van der Waals surface area contributed by atoms with Crippen LogP contribution in [0.5, 0.6) is 5.75 Å². The van der Waals surface area contributed by atoms with E-state index < -0.39 is 11.9 Å². The van der Waals surface area contributed by atoms with Crippen molar-refractivity contribution >= 4 is 11.3 Å². The third-order valence-electron chi connectivity index (χ3n) is 3.48. The van der Waals surface area contributed by atoms with Crippen molar-refractivity contribution in [2.24, 2.45) is 0 Å². The second-order valence-corrected chi connectivity index (χ2v) is 5.08. The molecule has 0 bridgehead atoms. The van der Waals surface area contributed by atoms with Gasteiger partial charge >= 0.3 is 6.18 Å². The van der Waals surface area contributed by atoms with Crippen LogP contribution in [0.1, 0.15) is 11.3 Å². The van der Waals surface area contributed by atoms with Crippen molar-refractivity contribution in [1.29, 1.82) is 0 Å². The van der Waals surface area contributed by atoms with Crippen LogP contribution in [0.25, 0.3) is 21.6 Å². The van der Waals surface area contributed by atoms with Crippen LogP contribution in [0, 0.1) is 13.5 Å². The maximum Gasteiger partial charge on any atom is 0.434 e. The number of alkyl halides is 3. The van der Waals surface area contributed by atoms with Crippen LogP contribution in [-0.2, 0) is 6.18 Å². The van der Waals surface area contributed by atoms with Gasteiger partial charge in [-0.3, -0.25) is 0 Å². The van der Waals surface area contributed by atoms with Crippen molar-refractivity contribution in [3.63, 3.8) is 0 Å². The molecule has 0 atom stereocenters. The number of fused-ring (bicyclic) bond motifs is 1. The standard InChI is InChI=1S/C16H10F3N3O/c1-9-3-4-10(5-13(9)23)12-6-11(20-2)7-22-8-14(16(17,18)19)21-15(12)22/h3-8,23H,1H3. The highest BCUT2D eigenvalue weighted by Gasteiger charge is 2.34. The molecule has 0 aliphatic carbocycles. The maximum atomic E-state index is 12.9. The van der Waals surface area contributed by atoms with E-state index in [-0.39, 0.29) is 17.1 Å². The molecule has 1 N–H and O–H groups in total. The zero-order valence-electron chi connectivity index (χ0n) is 11.9. The molecule has 0 unspecified atom stereocenters. The first-order valence-electron chi connectivity index (χ1n) is 6.57. The van der Waals surface area contributed by atoms with Crippen LogP contribution < -0.4 is 0 Å². The normalized spacial score (nSPS) is 11.6. The monoisotopic (exact) mass is 317 g/mol. The molecule has 0 aliphatic heterocycles. The molecule has 3 aromatic rings. The average Bonchev–Trinajstić information content (AvgIpc) is 2.93. The Labute approximate surface area is 129 Å². The fourth-order valence-corrected chi connectivity index (χ4v) is 2.27. The number of aryl methyl sites for hydroxylation is 1. The molecule has 0 fully saturated rings. The van der Waals surface area contributed by atoms with Crippen molar-refractivity contribution in [3.8, 4) is 16.9 Å². The highest BCUT2D eigenvalue weighted by atomic mass is 19.4. The number of phenolic OH excluding ortho intramolecular Hbond substituents is 1. The average molecular weight is 317 g/mol. The fraction of sp³-hybridized carbons (Fsp3) is 0.125. The van der Waals surface area contributed by atoms with E-state index in [1.54, 1.807) is 19.1 Å². The molecule has 0 radical (unpaired) electrons. The first-order chi connectivity index (χ1) is 10.8. The molecule has 1 aromatic carbocycles. The van der Waals surface area contributed by atoms with Crippen LogP contribution in [0.2, 0.25) is 0 Å². The fourth-order valence-electron chi connectivity index (χ4n) is 2.27. The van der Waals surface area contributed by atoms with Gasteiger partial charge in [0, 0.05) is 18.0 Å². The minimum Gasteiger partial charge on any atom is -0.508 e. The highest BCUT2D eigenvalue weighted by molar-refractivity contribution is 5.81. The molecule has 0 amide bonds. The molecule has 0 saturated heterocycles. The summed E-state index contributed by atoms with van der Waals surface area (Å²) in [7, 11) is 0.